The first-order valence-corrected chi connectivity index (χ1v) is 7.96. The van der Waals surface area contributed by atoms with Crippen molar-refractivity contribution in [3.05, 3.63) is 52.8 Å². The van der Waals surface area contributed by atoms with Crippen LogP contribution in [0.15, 0.2) is 30.3 Å². The van der Waals surface area contributed by atoms with Crippen LogP contribution in [-0.2, 0) is 4.79 Å². The number of hydrogen-bond acceptors (Lipinski definition) is 5. The molecule has 134 valence electrons. The van der Waals surface area contributed by atoms with Crippen LogP contribution in [-0.4, -0.2) is 22.8 Å². The molecule has 0 fully saturated rings. The summed E-state index contributed by atoms with van der Waals surface area (Å²) in [6.07, 6.45) is -0.498. The molecule has 0 saturated heterocycles. The molecule has 2 aromatic rings. The van der Waals surface area contributed by atoms with Gasteiger partial charge in [0, 0.05) is 18.6 Å². The molecule has 0 aromatic heterocycles. The molecule has 2 aromatic carbocycles. The summed E-state index contributed by atoms with van der Waals surface area (Å²) in [5.74, 6) is -1.38. The number of aliphatic hydroxyl groups is 1. The molecular weight excluding hydrogens is 327 g/mol. The van der Waals surface area contributed by atoms with E-state index in [-0.39, 0.29) is 16.9 Å². The van der Waals surface area contributed by atoms with Crippen LogP contribution in [0.2, 0.25) is 0 Å². The van der Waals surface area contributed by atoms with Gasteiger partial charge in [-0.15, -0.1) is 0 Å². The quantitative estimate of drug-likeness (QED) is 0.616. The molecular formula is C19H21FO5. The fourth-order valence-corrected chi connectivity index (χ4v) is 2.39. The molecule has 0 aliphatic heterocycles. The minimum atomic E-state index is -1.37. The van der Waals surface area contributed by atoms with Crippen LogP contribution >= 0.6 is 0 Å². The highest BCUT2D eigenvalue weighted by Gasteiger charge is 2.24. The van der Waals surface area contributed by atoms with Crippen molar-refractivity contribution in [2.24, 2.45) is 0 Å². The predicted octanol–water partition coefficient (Wildman–Crippen LogP) is 3.64. The zero-order valence-electron chi connectivity index (χ0n) is 14.4. The van der Waals surface area contributed by atoms with Gasteiger partial charge in [0.05, 0.1) is 12.2 Å². The third-order valence-corrected chi connectivity index (χ3v) is 3.67. The lowest BCUT2D eigenvalue weighted by atomic mass is 9.97. The molecule has 5 nitrogen and oxygen atoms in total. The van der Waals surface area contributed by atoms with Crippen molar-refractivity contribution in [1.29, 1.82) is 0 Å². The third-order valence-electron chi connectivity index (χ3n) is 3.67. The molecule has 6 heteroatoms. The molecule has 0 saturated carbocycles. The van der Waals surface area contributed by atoms with Crippen molar-refractivity contribution < 1.29 is 28.9 Å². The van der Waals surface area contributed by atoms with Gasteiger partial charge in [-0.3, -0.25) is 4.79 Å². The molecule has 25 heavy (non-hydrogen) atoms. The predicted molar refractivity (Wildman–Crippen MR) is 90.4 cm³/mol. The van der Waals surface area contributed by atoms with Crippen LogP contribution in [0.5, 0.6) is 17.2 Å². The maximum Gasteiger partial charge on any atom is 0.308 e. The molecule has 2 N–H and O–H groups in total. The summed E-state index contributed by atoms with van der Waals surface area (Å²) in [5.41, 5.74) is 0.165. The second-order valence-corrected chi connectivity index (χ2v) is 5.66. The van der Waals surface area contributed by atoms with E-state index < -0.39 is 23.6 Å². The fraction of sp³-hybridized carbons (Fsp3) is 0.316. The summed E-state index contributed by atoms with van der Waals surface area (Å²) >= 11 is 0. The Labute approximate surface area is 145 Å². The van der Waals surface area contributed by atoms with E-state index >= 15 is 0 Å². The van der Waals surface area contributed by atoms with Gasteiger partial charge in [-0.25, -0.2) is 4.39 Å². The third kappa shape index (κ3) is 4.28. The SMILES string of the molecule is CCCOc1ccc(C(O)c2c(O)cc(OC(C)=O)c(C)c2F)cc1. The van der Waals surface area contributed by atoms with Crippen molar-refractivity contribution >= 4 is 5.97 Å². The number of halogens is 1. The lowest BCUT2D eigenvalue weighted by molar-refractivity contribution is -0.131. The topological polar surface area (TPSA) is 76.0 Å². The van der Waals surface area contributed by atoms with E-state index in [1.807, 2.05) is 6.92 Å². The van der Waals surface area contributed by atoms with Crippen molar-refractivity contribution in [3.63, 3.8) is 0 Å². The highest BCUT2D eigenvalue weighted by Crippen LogP contribution is 2.38. The molecule has 0 aliphatic rings. The van der Waals surface area contributed by atoms with E-state index in [9.17, 15) is 19.4 Å². The zero-order chi connectivity index (χ0) is 18.6. The number of benzene rings is 2. The lowest BCUT2D eigenvalue weighted by Crippen LogP contribution is -2.08. The number of carbonyl (C=O) groups excluding carboxylic acids is 1. The standard InChI is InChI=1S/C19H21FO5/c1-4-9-24-14-7-5-13(6-8-14)19(23)17-15(22)10-16(25-12(3)21)11(2)18(17)20/h5-8,10,19,22-23H,4,9H2,1-3H3. The van der Waals surface area contributed by atoms with Gasteiger partial charge < -0.3 is 19.7 Å². The van der Waals surface area contributed by atoms with E-state index in [0.717, 1.165) is 12.5 Å². The van der Waals surface area contributed by atoms with E-state index in [0.29, 0.717) is 17.9 Å². The van der Waals surface area contributed by atoms with Crippen LogP contribution in [0, 0.1) is 12.7 Å². The Bertz CT molecular complexity index is 755. The number of rotatable bonds is 6. The maximum absolute atomic E-state index is 14.6. The van der Waals surface area contributed by atoms with Gasteiger partial charge in [0.15, 0.2) is 0 Å². The second-order valence-electron chi connectivity index (χ2n) is 5.66. The second kappa shape index (κ2) is 7.98. The van der Waals surface area contributed by atoms with E-state index in [1.165, 1.54) is 13.8 Å². The number of carbonyl (C=O) groups is 1. The number of aromatic hydroxyl groups is 1. The first kappa shape index (κ1) is 18.7. The highest BCUT2D eigenvalue weighted by molar-refractivity contribution is 5.70. The Hall–Kier alpha value is -2.60. The van der Waals surface area contributed by atoms with Gasteiger partial charge in [-0.1, -0.05) is 19.1 Å². The average molecular weight is 348 g/mol. The first-order valence-electron chi connectivity index (χ1n) is 7.96. The minimum absolute atomic E-state index is 0.0324. The molecule has 0 heterocycles. The normalized spacial score (nSPS) is 11.9. The Morgan fingerprint density at radius 1 is 1.28 bits per heavy atom. The average Bonchev–Trinajstić information content (AvgIpc) is 2.57. The lowest BCUT2D eigenvalue weighted by Gasteiger charge is -2.17. The van der Waals surface area contributed by atoms with Crippen LogP contribution in [0.1, 0.15) is 43.1 Å². The molecule has 1 atom stereocenters. The van der Waals surface area contributed by atoms with E-state index in [2.05, 4.69) is 0 Å². The summed E-state index contributed by atoms with van der Waals surface area (Å²) in [4.78, 5) is 11.0. The van der Waals surface area contributed by atoms with Crippen molar-refractivity contribution in [2.75, 3.05) is 6.61 Å². The van der Waals surface area contributed by atoms with Crippen LogP contribution < -0.4 is 9.47 Å². The number of phenols is 1. The van der Waals surface area contributed by atoms with Crippen LogP contribution in [0.25, 0.3) is 0 Å². The Balaban J connectivity index is 2.34. The first-order chi connectivity index (χ1) is 11.8. The molecule has 0 radical (unpaired) electrons. The van der Waals surface area contributed by atoms with Gasteiger partial charge in [-0.05, 0) is 31.0 Å². The number of aliphatic hydroxyl groups excluding tert-OH is 1. The maximum atomic E-state index is 14.6. The smallest absolute Gasteiger partial charge is 0.308 e. The highest BCUT2D eigenvalue weighted by atomic mass is 19.1. The molecule has 0 amide bonds. The molecule has 2 rings (SSSR count). The van der Waals surface area contributed by atoms with Gasteiger partial charge in [0.2, 0.25) is 0 Å². The monoisotopic (exact) mass is 348 g/mol. The Morgan fingerprint density at radius 3 is 2.48 bits per heavy atom. The summed E-state index contributed by atoms with van der Waals surface area (Å²) in [7, 11) is 0. The molecule has 0 bridgehead atoms. The van der Waals surface area contributed by atoms with E-state index in [4.69, 9.17) is 9.47 Å². The van der Waals surface area contributed by atoms with Crippen LogP contribution in [0.4, 0.5) is 4.39 Å². The Morgan fingerprint density at radius 2 is 1.92 bits per heavy atom. The summed E-state index contributed by atoms with van der Waals surface area (Å²) in [6, 6.07) is 7.66. The molecule has 0 aliphatic carbocycles. The van der Waals surface area contributed by atoms with Gasteiger partial charge in [0.25, 0.3) is 0 Å². The number of phenolic OH excluding ortho intramolecular Hbond substituents is 1. The van der Waals surface area contributed by atoms with Crippen molar-refractivity contribution in [1.82, 2.24) is 0 Å². The van der Waals surface area contributed by atoms with Crippen molar-refractivity contribution in [2.45, 2.75) is 33.3 Å². The van der Waals surface area contributed by atoms with Crippen LogP contribution in [0.3, 0.4) is 0 Å². The number of esters is 1. The Kier molecular flexibility index (Phi) is 5.98. The van der Waals surface area contributed by atoms with Gasteiger partial charge in [-0.2, -0.15) is 0 Å². The minimum Gasteiger partial charge on any atom is -0.507 e. The van der Waals surface area contributed by atoms with Gasteiger partial charge in [0.1, 0.15) is 29.2 Å². The fourth-order valence-electron chi connectivity index (χ4n) is 2.39. The number of ether oxygens (including phenoxy) is 2. The largest absolute Gasteiger partial charge is 0.507 e. The molecule has 0 spiro atoms. The summed E-state index contributed by atoms with van der Waals surface area (Å²) in [5, 5.41) is 20.6. The number of hydrogen-bond donors (Lipinski definition) is 2. The zero-order valence-corrected chi connectivity index (χ0v) is 14.4. The summed E-state index contributed by atoms with van der Waals surface area (Å²) < 4.78 is 24.9. The van der Waals surface area contributed by atoms with Crippen molar-refractivity contribution in [3.8, 4) is 17.2 Å². The molecule has 1 unspecified atom stereocenters. The summed E-state index contributed by atoms with van der Waals surface area (Å²) in [6.45, 7) is 5.16. The van der Waals surface area contributed by atoms with Gasteiger partial charge >= 0.3 is 5.97 Å². The van der Waals surface area contributed by atoms with E-state index in [1.54, 1.807) is 24.3 Å².